The lowest BCUT2D eigenvalue weighted by atomic mass is 10.1. The summed E-state index contributed by atoms with van der Waals surface area (Å²) in [5.41, 5.74) is 3.22. The predicted molar refractivity (Wildman–Crippen MR) is 100 cm³/mol. The van der Waals surface area contributed by atoms with Crippen molar-refractivity contribution in [3.05, 3.63) is 87.6 Å². The maximum absolute atomic E-state index is 12.5. The zero-order chi connectivity index (χ0) is 19.6. The van der Waals surface area contributed by atoms with E-state index in [-0.39, 0.29) is 18.0 Å². The molecule has 2 heterocycles. The number of hydrogen-bond donors (Lipinski definition) is 0. The van der Waals surface area contributed by atoms with E-state index in [1.165, 1.54) is 24.5 Å². The van der Waals surface area contributed by atoms with Gasteiger partial charge < -0.3 is 14.5 Å². The fourth-order valence-electron chi connectivity index (χ4n) is 2.87. The van der Waals surface area contributed by atoms with Crippen LogP contribution in [-0.2, 0) is 4.74 Å². The number of aromatic nitrogens is 2. The Bertz CT molecular complexity index is 992. The van der Waals surface area contributed by atoms with Crippen molar-refractivity contribution in [1.29, 1.82) is 0 Å². The maximum atomic E-state index is 12.5. The van der Waals surface area contributed by atoms with Crippen molar-refractivity contribution in [3.63, 3.8) is 0 Å². The molecular formula is C20H17ClN2O4. The first-order valence-corrected chi connectivity index (χ1v) is 8.58. The van der Waals surface area contributed by atoms with Crippen LogP contribution < -0.4 is 4.73 Å². The van der Waals surface area contributed by atoms with Crippen LogP contribution in [0.15, 0.2) is 54.9 Å². The van der Waals surface area contributed by atoms with Crippen molar-refractivity contribution in [3.8, 4) is 5.69 Å². The Hall–Kier alpha value is -3.12. The second-order valence-corrected chi connectivity index (χ2v) is 6.48. The number of pyridine rings is 1. The van der Waals surface area contributed by atoms with E-state index in [4.69, 9.17) is 16.3 Å². The molecule has 0 bridgehead atoms. The average molecular weight is 385 g/mol. The molecule has 1 aromatic carbocycles. The molecule has 0 N–H and O–H groups in total. The van der Waals surface area contributed by atoms with E-state index in [9.17, 15) is 14.8 Å². The van der Waals surface area contributed by atoms with Gasteiger partial charge >= 0.3 is 5.97 Å². The lowest BCUT2D eigenvalue weighted by Crippen LogP contribution is -2.24. The van der Waals surface area contributed by atoms with Gasteiger partial charge in [-0.1, -0.05) is 11.6 Å². The summed E-state index contributed by atoms with van der Waals surface area (Å²) in [6, 6.07) is 11.7. The number of benzene rings is 1. The number of halogens is 1. The van der Waals surface area contributed by atoms with Gasteiger partial charge in [-0.3, -0.25) is 4.79 Å². The molecule has 27 heavy (non-hydrogen) atoms. The summed E-state index contributed by atoms with van der Waals surface area (Å²) in [5, 5.41) is 11.6. The van der Waals surface area contributed by atoms with Gasteiger partial charge in [0.2, 0.25) is 5.78 Å². The minimum atomic E-state index is -0.657. The number of ether oxygens (including phenoxy) is 1. The molecule has 0 radical (unpaired) electrons. The van der Waals surface area contributed by atoms with Crippen LogP contribution in [-0.4, -0.2) is 22.9 Å². The normalized spacial score (nSPS) is 10.6. The van der Waals surface area contributed by atoms with Gasteiger partial charge in [-0.15, -0.1) is 0 Å². The monoisotopic (exact) mass is 384 g/mol. The molecule has 0 saturated carbocycles. The van der Waals surface area contributed by atoms with Crippen LogP contribution in [0.2, 0.25) is 5.02 Å². The SMILES string of the molecule is Cc1cc(C(=O)COC(=O)c2cc[n+]([O-])cc2)c(C)n1-c1ccc(Cl)cc1. The quantitative estimate of drug-likeness (QED) is 0.292. The van der Waals surface area contributed by atoms with Crippen molar-refractivity contribution < 1.29 is 19.1 Å². The number of carbonyl (C=O) groups excluding carboxylic acids is 2. The number of rotatable bonds is 5. The summed E-state index contributed by atoms with van der Waals surface area (Å²) in [4.78, 5) is 24.5. The van der Waals surface area contributed by atoms with Crippen LogP contribution in [0, 0.1) is 19.1 Å². The number of carbonyl (C=O) groups is 2. The number of hydrogen-bond acceptors (Lipinski definition) is 4. The summed E-state index contributed by atoms with van der Waals surface area (Å²) >= 11 is 5.93. The number of ketones is 1. The van der Waals surface area contributed by atoms with Gasteiger partial charge in [-0.05, 0) is 44.2 Å². The van der Waals surface area contributed by atoms with E-state index < -0.39 is 5.97 Å². The lowest BCUT2D eigenvalue weighted by Gasteiger charge is -2.10. The van der Waals surface area contributed by atoms with Crippen molar-refractivity contribution in [1.82, 2.24) is 4.57 Å². The Balaban J connectivity index is 1.75. The third-order valence-corrected chi connectivity index (χ3v) is 4.44. The van der Waals surface area contributed by atoms with E-state index >= 15 is 0 Å². The zero-order valence-corrected chi connectivity index (χ0v) is 15.6. The Morgan fingerprint density at radius 3 is 2.37 bits per heavy atom. The Morgan fingerprint density at radius 1 is 1.11 bits per heavy atom. The summed E-state index contributed by atoms with van der Waals surface area (Å²) in [6.07, 6.45) is 2.39. The second kappa shape index (κ2) is 7.63. The van der Waals surface area contributed by atoms with Gasteiger partial charge in [0.05, 0.1) is 5.56 Å². The van der Waals surface area contributed by atoms with Gasteiger partial charge in [0, 0.05) is 39.8 Å². The summed E-state index contributed by atoms with van der Waals surface area (Å²) in [5.74, 6) is -0.957. The largest absolute Gasteiger partial charge is 0.619 e. The highest BCUT2D eigenvalue weighted by molar-refractivity contribution is 6.30. The van der Waals surface area contributed by atoms with E-state index in [2.05, 4.69) is 0 Å². The summed E-state index contributed by atoms with van der Waals surface area (Å²) < 4.78 is 7.59. The van der Waals surface area contributed by atoms with Crippen LogP contribution in [0.4, 0.5) is 0 Å². The van der Waals surface area contributed by atoms with Gasteiger partial charge in [-0.25, -0.2) is 4.79 Å². The molecule has 0 aliphatic rings. The van der Waals surface area contributed by atoms with Crippen LogP contribution in [0.3, 0.4) is 0 Å². The summed E-state index contributed by atoms with van der Waals surface area (Å²) in [7, 11) is 0. The molecule has 0 saturated heterocycles. The molecule has 2 aromatic heterocycles. The van der Waals surface area contributed by atoms with Gasteiger partial charge in [0.25, 0.3) is 0 Å². The molecule has 0 atom stereocenters. The Kier molecular flexibility index (Phi) is 5.28. The number of aryl methyl sites for hydroxylation is 1. The molecule has 138 valence electrons. The minimum Gasteiger partial charge on any atom is -0.619 e. The van der Waals surface area contributed by atoms with Crippen LogP contribution in [0.25, 0.3) is 5.69 Å². The standard InChI is InChI=1S/C20H17ClN2O4/c1-13-11-18(14(2)23(13)17-5-3-16(21)4-6-17)19(24)12-27-20(25)15-7-9-22(26)10-8-15/h3-11H,12H2,1-2H3. The maximum Gasteiger partial charge on any atom is 0.339 e. The highest BCUT2D eigenvalue weighted by Gasteiger charge is 2.19. The molecular weight excluding hydrogens is 368 g/mol. The topological polar surface area (TPSA) is 75.2 Å². The summed E-state index contributed by atoms with van der Waals surface area (Å²) in [6.45, 7) is 3.35. The van der Waals surface area contributed by atoms with Crippen molar-refractivity contribution in [2.24, 2.45) is 0 Å². The fraction of sp³-hybridized carbons (Fsp3) is 0.150. The number of esters is 1. The van der Waals surface area contributed by atoms with Crippen LogP contribution in [0.5, 0.6) is 0 Å². The third kappa shape index (κ3) is 4.01. The highest BCUT2D eigenvalue weighted by Crippen LogP contribution is 2.22. The van der Waals surface area contributed by atoms with E-state index in [0.717, 1.165) is 17.1 Å². The first-order chi connectivity index (χ1) is 12.9. The molecule has 7 heteroatoms. The molecule has 0 aliphatic heterocycles. The minimum absolute atomic E-state index is 0.210. The number of Topliss-reactive ketones (excluding diaryl/α,β-unsaturated/α-hetero) is 1. The molecule has 0 aliphatic carbocycles. The van der Waals surface area contributed by atoms with Gasteiger partial charge in [-0.2, -0.15) is 4.73 Å². The van der Waals surface area contributed by atoms with Crippen LogP contribution in [0.1, 0.15) is 32.1 Å². The zero-order valence-electron chi connectivity index (χ0n) is 14.8. The fourth-order valence-corrected chi connectivity index (χ4v) is 3.00. The lowest BCUT2D eigenvalue weighted by molar-refractivity contribution is -0.605. The van der Waals surface area contributed by atoms with E-state index in [1.54, 1.807) is 18.2 Å². The Morgan fingerprint density at radius 2 is 1.74 bits per heavy atom. The van der Waals surface area contributed by atoms with E-state index in [0.29, 0.717) is 15.3 Å². The van der Waals surface area contributed by atoms with Crippen LogP contribution >= 0.6 is 11.6 Å². The van der Waals surface area contributed by atoms with Crippen molar-refractivity contribution in [2.45, 2.75) is 13.8 Å². The molecule has 3 rings (SSSR count). The van der Waals surface area contributed by atoms with Crippen molar-refractivity contribution >= 4 is 23.4 Å². The predicted octanol–water partition coefficient (Wildman–Crippen LogP) is 3.42. The van der Waals surface area contributed by atoms with E-state index in [1.807, 2.05) is 30.5 Å². The average Bonchev–Trinajstić information content (AvgIpc) is 2.95. The number of nitrogens with zero attached hydrogens (tertiary/aromatic N) is 2. The first-order valence-electron chi connectivity index (χ1n) is 8.21. The van der Waals surface area contributed by atoms with Gasteiger partial charge in [0.15, 0.2) is 19.0 Å². The molecule has 0 unspecified atom stereocenters. The Labute approximate surface area is 161 Å². The van der Waals surface area contributed by atoms with Crippen molar-refractivity contribution in [2.75, 3.05) is 6.61 Å². The molecule has 0 amide bonds. The highest BCUT2D eigenvalue weighted by atomic mass is 35.5. The van der Waals surface area contributed by atoms with Gasteiger partial charge in [0.1, 0.15) is 0 Å². The molecule has 0 fully saturated rings. The third-order valence-electron chi connectivity index (χ3n) is 4.19. The first kappa shape index (κ1) is 18.7. The molecule has 6 nitrogen and oxygen atoms in total. The smallest absolute Gasteiger partial charge is 0.339 e. The molecule has 3 aromatic rings. The second-order valence-electron chi connectivity index (χ2n) is 6.04. The molecule has 0 spiro atoms.